The molecule has 4 rings (SSSR count). The molecule has 1 N–H and O–H groups in total. The Bertz CT molecular complexity index is 1190. The number of anilines is 1. The van der Waals surface area contributed by atoms with Gasteiger partial charge in [0.2, 0.25) is 5.91 Å². The third-order valence-electron chi connectivity index (χ3n) is 5.20. The average Bonchev–Trinajstić information content (AvgIpc) is 3.19. The maximum atomic E-state index is 13.0. The zero-order valence-corrected chi connectivity index (χ0v) is 19.1. The molecule has 0 aliphatic carbocycles. The summed E-state index contributed by atoms with van der Waals surface area (Å²) in [6, 6.07) is 20.0. The topological polar surface area (TPSA) is 72.7 Å². The molecule has 1 atom stereocenters. The summed E-state index contributed by atoms with van der Waals surface area (Å²) in [4.78, 5) is 17.2. The van der Waals surface area contributed by atoms with Gasteiger partial charge in [-0.1, -0.05) is 60.3 Å². The molecule has 162 valence electrons. The van der Waals surface area contributed by atoms with Crippen molar-refractivity contribution in [2.45, 2.75) is 37.7 Å². The molecule has 1 amide bonds. The molecule has 6 nitrogen and oxygen atoms in total. The fourth-order valence-electron chi connectivity index (χ4n) is 3.44. The molecular weight excluding hydrogens is 418 g/mol. The van der Waals surface area contributed by atoms with Crippen molar-refractivity contribution < 1.29 is 4.79 Å². The number of pyridine rings is 1. The normalized spacial score (nSPS) is 11.8. The fourth-order valence-corrected chi connectivity index (χ4v) is 4.29. The Balaban J connectivity index is 1.60. The highest BCUT2D eigenvalue weighted by Crippen LogP contribution is 2.29. The summed E-state index contributed by atoms with van der Waals surface area (Å²) in [5.41, 5.74) is 4.97. The van der Waals surface area contributed by atoms with Gasteiger partial charge in [-0.15, -0.1) is 10.2 Å². The van der Waals surface area contributed by atoms with E-state index in [1.807, 2.05) is 73.9 Å². The van der Waals surface area contributed by atoms with Gasteiger partial charge in [0, 0.05) is 23.6 Å². The quantitative estimate of drug-likeness (QED) is 0.401. The summed E-state index contributed by atoms with van der Waals surface area (Å²) in [6.45, 7) is 6.48. The second kappa shape index (κ2) is 9.78. The monoisotopic (exact) mass is 443 g/mol. The predicted octanol–water partition coefficient (Wildman–Crippen LogP) is 5.12. The lowest BCUT2D eigenvalue weighted by atomic mass is 10.1. The highest BCUT2D eigenvalue weighted by molar-refractivity contribution is 8.00. The van der Waals surface area contributed by atoms with Crippen LogP contribution < -0.4 is 5.32 Å². The van der Waals surface area contributed by atoms with E-state index in [1.54, 1.807) is 12.4 Å². The lowest BCUT2D eigenvalue weighted by Gasteiger charge is -2.16. The summed E-state index contributed by atoms with van der Waals surface area (Å²) >= 11 is 1.40. The van der Waals surface area contributed by atoms with Gasteiger partial charge >= 0.3 is 0 Å². The number of aromatic nitrogens is 4. The minimum absolute atomic E-state index is 0.0652. The standard InChI is InChI=1S/C25H25N5OS/c1-17-9-7-10-18(2)22(17)27-24(31)19(3)32-25-29-28-23(21-13-8-14-26-15-21)30(25)16-20-11-5-4-6-12-20/h4-15,19H,16H2,1-3H3,(H,27,31). The molecule has 0 saturated heterocycles. The van der Waals surface area contributed by atoms with Crippen molar-refractivity contribution in [2.75, 3.05) is 5.32 Å². The van der Waals surface area contributed by atoms with Crippen molar-refractivity contribution in [3.63, 3.8) is 0 Å². The van der Waals surface area contributed by atoms with Crippen LogP contribution in [-0.2, 0) is 11.3 Å². The number of thioether (sulfide) groups is 1. The van der Waals surface area contributed by atoms with E-state index in [0.29, 0.717) is 11.7 Å². The molecule has 0 bridgehead atoms. The first-order chi connectivity index (χ1) is 15.5. The SMILES string of the molecule is Cc1cccc(C)c1NC(=O)C(C)Sc1nnc(-c2cccnc2)n1Cc1ccccc1. The lowest BCUT2D eigenvalue weighted by Crippen LogP contribution is -2.24. The van der Waals surface area contributed by atoms with Crippen LogP contribution in [0.2, 0.25) is 0 Å². The Morgan fingerprint density at radius 1 is 1.00 bits per heavy atom. The van der Waals surface area contributed by atoms with Crippen LogP contribution in [0.4, 0.5) is 5.69 Å². The summed E-state index contributed by atoms with van der Waals surface area (Å²) < 4.78 is 2.04. The molecule has 0 radical (unpaired) electrons. The van der Waals surface area contributed by atoms with Gasteiger partial charge in [-0.25, -0.2) is 0 Å². The van der Waals surface area contributed by atoms with Crippen molar-refractivity contribution in [3.05, 3.63) is 89.7 Å². The summed E-state index contributed by atoms with van der Waals surface area (Å²) in [5.74, 6) is 0.663. The molecule has 0 saturated carbocycles. The van der Waals surface area contributed by atoms with E-state index in [0.717, 1.165) is 33.8 Å². The zero-order chi connectivity index (χ0) is 22.5. The van der Waals surface area contributed by atoms with Crippen molar-refractivity contribution >= 4 is 23.4 Å². The largest absolute Gasteiger partial charge is 0.325 e. The van der Waals surface area contributed by atoms with E-state index in [1.165, 1.54) is 11.8 Å². The molecule has 7 heteroatoms. The van der Waals surface area contributed by atoms with Gasteiger partial charge in [-0.2, -0.15) is 0 Å². The van der Waals surface area contributed by atoms with E-state index in [2.05, 4.69) is 32.6 Å². The van der Waals surface area contributed by atoms with Crippen molar-refractivity contribution in [3.8, 4) is 11.4 Å². The first kappa shape index (κ1) is 21.8. The smallest absolute Gasteiger partial charge is 0.237 e. The van der Waals surface area contributed by atoms with Gasteiger partial charge < -0.3 is 5.32 Å². The molecule has 2 heterocycles. The number of nitrogens with zero attached hydrogens (tertiary/aromatic N) is 4. The maximum Gasteiger partial charge on any atom is 0.237 e. The number of carbonyl (C=O) groups is 1. The van der Waals surface area contributed by atoms with Gasteiger partial charge in [0.15, 0.2) is 11.0 Å². The van der Waals surface area contributed by atoms with Crippen LogP contribution in [0.15, 0.2) is 78.2 Å². The number of hydrogen-bond acceptors (Lipinski definition) is 5. The molecular formula is C25H25N5OS. The Kier molecular flexibility index (Phi) is 6.66. The average molecular weight is 444 g/mol. The van der Waals surface area contributed by atoms with Gasteiger partial charge in [-0.3, -0.25) is 14.3 Å². The van der Waals surface area contributed by atoms with Gasteiger partial charge in [0.25, 0.3) is 0 Å². The maximum absolute atomic E-state index is 13.0. The Labute approximate surface area is 192 Å². The molecule has 1 unspecified atom stereocenters. The molecule has 32 heavy (non-hydrogen) atoms. The lowest BCUT2D eigenvalue weighted by molar-refractivity contribution is -0.115. The highest BCUT2D eigenvalue weighted by Gasteiger charge is 2.22. The number of hydrogen-bond donors (Lipinski definition) is 1. The van der Waals surface area contributed by atoms with Crippen LogP contribution in [0.3, 0.4) is 0 Å². The van der Waals surface area contributed by atoms with Crippen LogP contribution in [0.1, 0.15) is 23.6 Å². The van der Waals surface area contributed by atoms with E-state index in [4.69, 9.17) is 0 Å². The Hall–Kier alpha value is -3.45. The van der Waals surface area contributed by atoms with Crippen molar-refractivity contribution in [1.29, 1.82) is 0 Å². The first-order valence-electron chi connectivity index (χ1n) is 10.4. The number of rotatable bonds is 7. The van der Waals surface area contributed by atoms with Crippen LogP contribution in [0, 0.1) is 13.8 Å². The molecule has 4 aromatic rings. The molecule has 0 aliphatic rings. The van der Waals surface area contributed by atoms with Crippen LogP contribution in [0.5, 0.6) is 0 Å². The first-order valence-corrected chi connectivity index (χ1v) is 11.3. The minimum atomic E-state index is -0.352. The fraction of sp³-hybridized carbons (Fsp3) is 0.200. The third kappa shape index (κ3) is 4.89. The molecule has 0 spiro atoms. The Morgan fingerprint density at radius 3 is 2.44 bits per heavy atom. The zero-order valence-electron chi connectivity index (χ0n) is 18.3. The van der Waals surface area contributed by atoms with E-state index >= 15 is 0 Å². The number of nitrogens with one attached hydrogen (secondary N) is 1. The minimum Gasteiger partial charge on any atom is -0.325 e. The molecule has 0 fully saturated rings. The number of amides is 1. The van der Waals surface area contributed by atoms with Crippen LogP contribution in [-0.4, -0.2) is 30.9 Å². The second-order valence-electron chi connectivity index (χ2n) is 7.64. The summed E-state index contributed by atoms with van der Waals surface area (Å²) in [7, 11) is 0. The van der Waals surface area contributed by atoms with Crippen LogP contribution >= 0.6 is 11.8 Å². The predicted molar refractivity (Wildman–Crippen MR) is 129 cm³/mol. The van der Waals surface area contributed by atoms with E-state index in [9.17, 15) is 4.79 Å². The van der Waals surface area contributed by atoms with E-state index in [-0.39, 0.29) is 11.2 Å². The molecule has 2 aromatic carbocycles. The summed E-state index contributed by atoms with van der Waals surface area (Å²) in [5, 5.41) is 12.3. The van der Waals surface area contributed by atoms with Gasteiger partial charge in [-0.05, 0) is 49.6 Å². The second-order valence-corrected chi connectivity index (χ2v) is 8.94. The van der Waals surface area contributed by atoms with E-state index < -0.39 is 0 Å². The number of carbonyl (C=O) groups excluding carboxylic acids is 1. The highest BCUT2D eigenvalue weighted by atomic mass is 32.2. The van der Waals surface area contributed by atoms with Crippen molar-refractivity contribution in [2.24, 2.45) is 0 Å². The van der Waals surface area contributed by atoms with Crippen LogP contribution in [0.25, 0.3) is 11.4 Å². The van der Waals surface area contributed by atoms with Gasteiger partial charge in [0.05, 0.1) is 11.8 Å². The number of para-hydroxylation sites is 1. The van der Waals surface area contributed by atoms with Crippen molar-refractivity contribution in [1.82, 2.24) is 19.7 Å². The molecule has 2 aromatic heterocycles. The summed E-state index contributed by atoms with van der Waals surface area (Å²) in [6.07, 6.45) is 3.51. The number of aryl methyl sites for hydroxylation is 2. The number of benzene rings is 2. The third-order valence-corrected chi connectivity index (χ3v) is 6.28. The van der Waals surface area contributed by atoms with Gasteiger partial charge in [0.1, 0.15) is 0 Å². The Morgan fingerprint density at radius 2 is 1.75 bits per heavy atom. The molecule has 0 aliphatic heterocycles.